The van der Waals surface area contributed by atoms with Crippen molar-refractivity contribution in [3.63, 3.8) is 0 Å². The van der Waals surface area contributed by atoms with Crippen LogP contribution < -0.4 is 10.6 Å². The maximum absolute atomic E-state index is 10.9. The van der Waals surface area contributed by atoms with Gasteiger partial charge in [0.05, 0.1) is 5.69 Å². The van der Waals surface area contributed by atoms with Crippen LogP contribution in [0.15, 0.2) is 5.38 Å². The second kappa shape index (κ2) is 8.71. The zero-order chi connectivity index (χ0) is 12.3. The van der Waals surface area contributed by atoms with E-state index >= 15 is 0 Å². The Bertz CT molecular complexity index is 402. The molecule has 0 saturated carbocycles. The average Bonchev–Trinajstić information content (AvgIpc) is 2.88. The molecule has 2 heterocycles. The van der Waals surface area contributed by atoms with Gasteiger partial charge in [0.15, 0.2) is 5.13 Å². The summed E-state index contributed by atoms with van der Waals surface area (Å²) in [5.41, 5.74) is 1.04. The lowest BCUT2D eigenvalue weighted by molar-refractivity contribution is -0.114. The Hall–Kier alpha value is -0.400. The molecular weight excluding hydrogens is 307 g/mol. The highest BCUT2D eigenvalue weighted by Gasteiger charge is 2.21. The minimum absolute atomic E-state index is 0. The molecule has 5 nitrogen and oxygen atoms in total. The number of hydrogen-bond acceptors (Lipinski definition) is 5. The molecule has 110 valence electrons. The maximum atomic E-state index is 10.9. The molecule has 1 aromatic rings. The molecule has 1 saturated heterocycles. The van der Waals surface area contributed by atoms with E-state index in [-0.39, 0.29) is 30.7 Å². The Kier molecular flexibility index (Phi) is 8.52. The zero-order valence-electron chi connectivity index (χ0n) is 11.0. The van der Waals surface area contributed by atoms with Gasteiger partial charge in [-0.2, -0.15) is 0 Å². The molecule has 8 heteroatoms. The van der Waals surface area contributed by atoms with Crippen molar-refractivity contribution in [1.82, 2.24) is 15.2 Å². The maximum Gasteiger partial charge on any atom is 0.223 e. The number of carbonyl (C=O) groups is 1. The van der Waals surface area contributed by atoms with Crippen LogP contribution in [-0.4, -0.2) is 42.0 Å². The third-order valence-corrected chi connectivity index (χ3v) is 3.71. The topological polar surface area (TPSA) is 57.3 Å². The highest BCUT2D eigenvalue weighted by molar-refractivity contribution is 7.13. The molecule has 0 bridgehead atoms. The third kappa shape index (κ3) is 5.62. The standard InChI is InChI=1S/C11H18N4OS.2ClH/c1-8(16)13-11-14-10(7-17-11)6-15-4-3-9(5-15)12-2;;/h7,9,12H,3-6H2,1-2H3,(H,13,14,16);2*1H. The van der Waals surface area contributed by atoms with Gasteiger partial charge in [-0.15, -0.1) is 36.2 Å². The normalized spacial score (nSPS) is 18.5. The first kappa shape index (κ1) is 18.6. The summed E-state index contributed by atoms with van der Waals surface area (Å²) in [4.78, 5) is 17.7. The van der Waals surface area contributed by atoms with Gasteiger partial charge in [0.1, 0.15) is 0 Å². The molecule has 2 rings (SSSR count). The van der Waals surface area contributed by atoms with Gasteiger partial charge in [-0.25, -0.2) is 4.98 Å². The number of thiazole rings is 1. The summed E-state index contributed by atoms with van der Waals surface area (Å²) in [5, 5.41) is 8.71. The number of anilines is 1. The van der Waals surface area contributed by atoms with Gasteiger partial charge in [0, 0.05) is 38.0 Å². The molecule has 1 aromatic heterocycles. The summed E-state index contributed by atoms with van der Waals surface area (Å²) in [7, 11) is 2.01. The van der Waals surface area contributed by atoms with Gasteiger partial charge < -0.3 is 10.6 Å². The van der Waals surface area contributed by atoms with E-state index in [9.17, 15) is 4.79 Å². The fraction of sp³-hybridized carbons (Fsp3) is 0.636. The van der Waals surface area contributed by atoms with Crippen LogP contribution in [0.3, 0.4) is 0 Å². The summed E-state index contributed by atoms with van der Waals surface area (Å²) in [6.07, 6.45) is 1.19. The van der Waals surface area contributed by atoms with Crippen LogP contribution in [0.4, 0.5) is 5.13 Å². The molecule has 0 aromatic carbocycles. The Labute approximate surface area is 130 Å². The highest BCUT2D eigenvalue weighted by atomic mass is 35.5. The molecule has 2 N–H and O–H groups in total. The fourth-order valence-electron chi connectivity index (χ4n) is 2.03. The summed E-state index contributed by atoms with van der Waals surface area (Å²) in [5.74, 6) is -0.0673. The lowest BCUT2D eigenvalue weighted by Crippen LogP contribution is -2.29. The number of carbonyl (C=O) groups excluding carboxylic acids is 1. The smallest absolute Gasteiger partial charge is 0.223 e. The minimum atomic E-state index is -0.0673. The van der Waals surface area contributed by atoms with Crippen molar-refractivity contribution in [3.05, 3.63) is 11.1 Å². The third-order valence-electron chi connectivity index (χ3n) is 2.90. The summed E-state index contributed by atoms with van der Waals surface area (Å²) in [6, 6.07) is 0.600. The number of aromatic nitrogens is 1. The molecule has 0 radical (unpaired) electrons. The predicted molar refractivity (Wildman–Crippen MR) is 83.7 cm³/mol. The van der Waals surface area contributed by atoms with Crippen LogP contribution in [0.2, 0.25) is 0 Å². The van der Waals surface area contributed by atoms with Crippen LogP contribution in [0.5, 0.6) is 0 Å². The molecule has 1 aliphatic rings. The Balaban J connectivity index is 0.00000162. The lowest BCUT2D eigenvalue weighted by Gasteiger charge is -2.13. The van der Waals surface area contributed by atoms with Gasteiger partial charge in [0.2, 0.25) is 5.91 Å². The number of nitrogens with one attached hydrogen (secondary N) is 2. The van der Waals surface area contributed by atoms with Gasteiger partial charge in [0.25, 0.3) is 0 Å². The second-order valence-corrected chi connectivity index (χ2v) is 5.19. The van der Waals surface area contributed by atoms with Crippen molar-refractivity contribution in [2.24, 2.45) is 0 Å². The van der Waals surface area contributed by atoms with Crippen LogP contribution in [0, 0.1) is 0 Å². The summed E-state index contributed by atoms with van der Waals surface area (Å²) >= 11 is 1.48. The molecule has 1 amide bonds. The number of hydrogen-bond donors (Lipinski definition) is 2. The van der Waals surface area contributed by atoms with Crippen molar-refractivity contribution in [2.45, 2.75) is 25.9 Å². The summed E-state index contributed by atoms with van der Waals surface area (Å²) in [6.45, 7) is 4.55. The van der Waals surface area contributed by atoms with Crippen molar-refractivity contribution >= 4 is 47.2 Å². The number of likely N-dealkylation sites (tertiary alicyclic amines) is 1. The summed E-state index contributed by atoms with van der Waals surface area (Å²) < 4.78 is 0. The molecular formula is C11H20Cl2N4OS. The Morgan fingerprint density at radius 3 is 2.89 bits per heavy atom. The first-order valence-corrected chi connectivity index (χ1v) is 6.67. The first-order chi connectivity index (χ1) is 8.17. The van der Waals surface area contributed by atoms with E-state index in [1.54, 1.807) is 0 Å². The number of halogens is 2. The monoisotopic (exact) mass is 326 g/mol. The Morgan fingerprint density at radius 1 is 1.58 bits per heavy atom. The highest BCUT2D eigenvalue weighted by Crippen LogP contribution is 2.18. The quantitative estimate of drug-likeness (QED) is 0.884. The van der Waals surface area contributed by atoms with E-state index in [4.69, 9.17) is 0 Å². The zero-order valence-corrected chi connectivity index (χ0v) is 13.5. The van der Waals surface area contributed by atoms with Gasteiger partial charge in [-0.3, -0.25) is 9.69 Å². The van der Waals surface area contributed by atoms with Gasteiger partial charge in [-0.05, 0) is 13.5 Å². The predicted octanol–water partition coefficient (Wildman–Crippen LogP) is 1.74. The van der Waals surface area contributed by atoms with Crippen molar-refractivity contribution in [2.75, 3.05) is 25.5 Å². The number of rotatable bonds is 4. The number of amides is 1. The van der Waals surface area contributed by atoms with E-state index in [1.165, 1.54) is 24.7 Å². The van der Waals surface area contributed by atoms with E-state index in [0.29, 0.717) is 11.2 Å². The second-order valence-electron chi connectivity index (χ2n) is 4.33. The molecule has 1 atom stereocenters. The van der Waals surface area contributed by atoms with E-state index < -0.39 is 0 Å². The van der Waals surface area contributed by atoms with Crippen molar-refractivity contribution in [1.29, 1.82) is 0 Å². The van der Waals surface area contributed by atoms with E-state index in [2.05, 4.69) is 20.5 Å². The van der Waals surface area contributed by atoms with E-state index in [0.717, 1.165) is 25.3 Å². The molecule has 0 aliphatic carbocycles. The fourth-order valence-corrected chi connectivity index (χ4v) is 2.78. The van der Waals surface area contributed by atoms with Crippen LogP contribution in [0.1, 0.15) is 19.0 Å². The molecule has 0 spiro atoms. The molecule has 19 heavy (non-hydrogen) atoms. The number of nitrogens with zero attached hydrogens (tertiary/aromatic N) is 2. The van der Waals surface area contributed by atoms with Gasteiger partial charge in [-0.1, -0.05) is 0 Å². The van der Waals surface area contributed by atoms with Crippen molar-refractivity contribution in [3.8, 4) is 0 Å². The molecule has 1 unspecified atom stereocenters. The Morgan fingerprint density at radius 2 is 2.32 bits per heavy atom. The largest absolute Gasteiger partial charge is 0.316 e. The molecule has 1 fully saturated rings. The first-order valence-electron chi connectivity index (χ1n) is 5.79. The molecule has 1 aliphatic heterocycles. The minimum Gasteiger partial charge on any atom is -0.316 e. The van der Waals surface area contributed by atoms with E-state index in [1.807, 2.05) is 12.4 Å². The average molecular weight is 327 g/mol. The van der Waals surface area contributed by atoms with Crippen LogP contribution >= 0.6 is 36.2 Å². The van der Waals surface area contributed by atoms with Gasteiger partial charge >= 0.3 is 0 Å². The van der Waals surface area contributed by atoms with Crippen molar-refractivity contribution < 1.29 is 4.79 Å². The number of likely N-dealkylation sites (N-methyl/N-ethyl adjacent to an activating group) is 1. The SMILES string of the molecule is CNC1CCN(Cc2csc(NC(C)=O)n2)C1.Cl.Cl. The lowest BCUT2D eigenvalue weighted by atomic mass is 10.3. The van der Waals surface area contributed by atoms with Crippen LogP contribution in [-0.2, 0) is 11.3 Å². The van der Waals surface area contributed by atoms with Crippen LogP contribution in [0.25, 0.3) is 0 Å².